The fourth-order valence-corrected chi connectivity index (χ4v) is 2.14. The molecule has 1 saturated heterocycles. The van der Waals surface area contributed by atoms with E-state index in [1.165, 1.54) is 0 Å². The van der Waals surface area contributed by atoms with E-state index in [1.54, 1.807) is 7.11 Å². The lowest BCUT2D eigenvalue weighted by Gasteiger charge is -2.25. The summed E-state index contributed by atoms with van der Waals surface area (Å²) in [5.41, 5.74) is 0.960. The van der Waals surface area contributed by atoms with E-state index in [-0.39, 0.29) is 24.4 Å². The smallest absolute Gasteiger partial charge is 0.250 e. The molecule has 6 heteroatoms. The van der Waals surface area contributed by atoms with E-state index in [9.17, 15) is 4.79 Å². The first-order valence-corrected chi connectivity index (χ1v) is 6.48. The maximum absolute atomic E-state index is 12.1. The topological polar surface area (TPSA) is 59.6 Å². The number of nitrogens with one attached hydrogen (secondary N) is 2. The Morgan fingerprint density at radius 3 is 2.90 bits per heavy atom. The maximum atomic E-state index is 12.1. The number of carbonyl (C=O) groups is 1. The first-order chi connectivity index (χ1) is 9.22. The van der Waals surface area contributed by atoms with E-state index in [4.69, 9.17) is 9.47 Å². The van der Waals surface area contributed by atoms with Crippen molar-refractivity contribution in [3.63, 3.8) is 0 Å². The number of halogens is 1. The predicted molar refractivity (Wildman–Crippen MR) is 79.4 cm³/mol. The number of carbonyl (C=O) groups excluding carboxylic acids is 1. The van der Waals surface area contributed by atoms with Crippen LogP contribution in [0.5, 0.6) is 5.75 Å². The summed E-state index contributed by atoms with van der Waals surface area (Å²) in [6.45, 7) is 3.86. The molecule has 0 spiro atoms. The highest BCUT2D eigenvalue weighted by Gasteiger charge is 2.23. The van der Waals surface area contributed by atoms with Gasteiger partial charge in [-0.1, -0.05) is 18.2 Å². The van der Waals surface area contributed by atoms with Crippen molar-refractivity contribution >= 4 is 18.3 Å². The molecule has 1 aliphatic rings. The van der Waals surface area contributed by atoms with Gasteiger partial charge in [0.15, 0.2) is 0 Å². The van der Waals surface area contributed by atoms with Gasteiger partial charge in [0.2, 0.25) is 0 Å². The standard InChI is InChI=1S/C14H20N2O3.ClH/c1-10(11-5-3-4-6-12(11)18-2)16-14(17)13-9-15-7-8-19-13;/h3-6,10,13,15H,7-9H2,1-2H3,(H,16,17);1H. The number of morpholine rings is 1. The van der Waals surface area contributed by atoms with E-state index >= 15 is 0 Å². The van der Waals surface area contributed by atoms with Crippen molar-refractivity contribution in [1.82, 2.24) is 10.6 Å². The van der Waals surface area contributed by atoms with Gasteiger partial charge in [0.05, 0.1) is 19.8 Å². The number of benzene rings is 1. The largest absolute Gasteiger partial charge is 0.496 e. The summed E-state index contributed by atoms with van der Waals surface area (Å²) in [5, 5.41) is 6.10. The molecular weight excluding hydrogens is 280 g/mol. The Bertz CT molecular complexity index is 436. The minimum Gasteiger partial charge on any atom is -0.496 e. The van der Waals surface area contributed by atoms with Gasteiger partial charge >= 0.3 is 0 Å². The number of methoxy groups -OCH3 is 1. The first kappa shape index (κ1) is 16.8. The molecule has 2 N–H and O–H groups in total. The summed E-state index contributed by atoms with van der Waals surface area (Å²) >= 11 is 0. The second-order valence-corrected chi connectivity index (χ2v) is 4.54. The number of hydrogen-bond donors (Lipinski definition) is 2. The van der Waals surface area contributed by atoms with Crippen LogP contribution in [0.1, 0.15) is 18.5 Å². The highest BCUT2D eigenvalue weighted by atomic mass is 35.5. The van der Waals surface area contributed by atoms with Gasteiger partial charge in [0.1, 0.15) is 11.9 Å². The zero-order chi connectivity index (χ0) is 13.7. The van der Waals surface area contributed by atoms with Crippen LogP contribution in [0.25, 0.3) is 0 Å². The third-order valence-electron chi connectivity index (χ3n) is 3.18. The van der Waals surface area contributed by atoms with Gasteiger partial charge in [0, 0.05) is 18.7 Å². The van der Waals surface area contributed by atoms with Crippen LogP contribution in [-0.2, 0) is 9.53 Å². The molecule has 0 bridgehead atoms. The van der Waals surface area contributed by atoms with Crippen molar-refractivity contribution in [2.24, 2.45) is 0 Å². The van der Waals surface area contributed by atoms with Crippen molar-refractivity contribution in [2.45, 2.75) is 19.1 Å². The highest BCUT2D eigenvalue weighted by Crippen LogP contribution is 2.24. The molecule has 1 aliphatic heterocycles. The van der Waals surface area contributed by atoms with Crippen LogP contribution in [0.2, 0.25) is 0 Å². The van der Waals surface area contributed by atoms with Crippen molar-refractivity contribution in [1.29, 1.82) is 0 Å². The summed E-state index contributed by atoms with van der Waals surface area (Å²) in [6.07, 6.45) is -0.411. The summed E-state index contributed by atoms with van der Waals surface area (Å²) < 4.78 is 10.7. The monoisotopic (exact) mass is 300 g/mol. The van der Waals surface area contributed by atoms with E-state index < -0.39 is 6.10 Å². The minimum absolute atomic E-state index is 0. The van der Waals surface area contributed by atoms with Crippen LogP contribution in [0.3, 0.4) is 0 Å². The quantitative estimate of drug-likeness (QED) is 0.879. The Kier molecular flexibility index (Phi) is 6.78. The van der Waals surface area contributed by atoms with E-state index in [0.29, 0.717) is 13.2 Å². The summed E-state index contributed by atoms with van der Waals surface area (Å²) in [5.74, 6) is 0.684. The molecule has 0 radical (unpaired) electrons. The molecule has 0 aliphatic carbocycles. The fraction of sp³-hybridized carbons (Fsp3) is 0.500. The summed E-state index contributed by atoms with van der Waals surface area (Å²) in [4.78, 5) is 12.1. The third-order valence-corrected chi connectivity index (χ3v) is 3.18. The van der Waals surface area contributed by atoms with Crippen molar-refractivity contribution in [3.05, 3.63) is 29.8 Å². The Hall–Kier alpha value is -1.30. The molecule has 112 valence electrons. The molecule has 1 aromatic carbocycles. The second-order valence-electron chi connectivity index (χ2n) is 4.54. The van der Waals surface area contributed by atoms with Crippen LogP contribution in [0.15, 0.2) is 24.3 Å². The number of amides is 1. The van der Waals surface area contributed by atoms with Crippen molar-refractivity contribution in [3.8, 4) is 5.75 Å². The molecule has 5 nitrogen and oxygen atoms in total. The molecule has 1 amide bonds. The Morgan fingerprint density at radius 1 is 1.50 bits per heavy atom. The van der Waals surface area contributed by atoms with Gasteiger partial charge in [-0.05, 0) is 13.0 Å². The molecule has 1 aromatic rings. The van der Waals surface area contributed by atoms with E-state index in [0.717, 1.165) is 17.9 Å². The van der Waals surface area contributed by atoms with Crippen LogP contribution < -0.4 is 15.4 Å². The average molecular weight is 301 g/mol. The molecule has 0 aromatic heterocycles. The Balaban J connectivity index is 0.00000200. The molecule has 1 heterocycles. The number of rotatable bonds is 4. The Labute approximate surface area is 125 Å². The summed E-state index contributed by atoms with van der Waals surface area (Å²) in [7, 11) is 1.63. The lowest BCUT2D eigenvalue weighted by molar-refractivity contribution is -0.134. The fourth-order valence-electron chi connectivity index (χ4n) is 2.14. The molecule has 20 heavy (non-hydrogen) atoms. The molecule has 2 unspecified atom stereocenters. The zero-order valence-electron chi connectivity index (χ0n) is 11.7. The second kappa shape index (κ2) is 8.09. The number of ether oxygens (including phenoxy) is 2. The molecular formula is C14H21ClN2O3. The van der Waals surface area contributed by atoms with Crippen LogP contribution in [0.4, 0.5) is 0 Å². The van der Waals surface area contributed by atoms with E-state index in [2.05, 4.69) is 10.6 Å². The molecule has 0 saturated carbocycles. The molecule has 1 fully saturated rings. The molecule has 2 atom stereocenters. The van der Waals surface area contributed by atoms with Gasteiger partial charge < -0.3 is 20.1 Å². The van der Waals surface area contributed by atoms with Gasteiger partial charge in [-0.3, -0.25) is 4.79 Å². The maximum Gasteiger partial charge on any atom is 0.250 e. The van der Waals surface area contributed by atoms with E-state index in [1.807, 2.05) is 31.2 Å². The highest BCUT2D eigenvalue weighted by molar-refractivity contribution is 5.85. The van der Waals surface area contributed by atoms with Gasteiger partial charge in [-0.2, -0.15) is 0 Å². The lowest BCUT2D eigenvalue weighted by Crippen LogP contribution is -2.48. The number of hydrogen-bond acceptors (Lipinski definition) is 4. The minimum atomic E-state index is -0.411. The normalized spacial score (nSPS) is 19.6. The third kappa shape index (κ3) is 4.10. The predicted octanol–water partition coefficient (Wildman–Crippen LogP) is 1.28. The summed E-state index contributed by atoms with van der Waals surface area (Å²) in [6, 6.07) is 7.55. The SMILES string of the molecule is COc1ccccc1C(C)NC(=O)C1CNCCO1.Cl. The Morgan fingerprint density at radius 2 is 2.25 bits per heavy atom. The number of para-hydroxylation sites is 1. The van der Waals surface area contributed by atoms with Crippen LogP contribution >= 0.6 is 12.4 Å². The van der Waals surface area contributed by atoms with Gasteiger partial charge in [-0.25, -0.2) is 0 Å². The van der Waals surface area contributed by atoms with Crippen LogP contribution in [-0.4, -0.2) is 38.8 Å². The van der Waals surface area contributed by atoms with Gasteiger partial charge in [-0.15, -0.1) is 12.4 Å². The lowest BCUT2D eigenvalue weighted by atomic mass is 10.1. The van der Waals surface area contributed by atoms with Crippen molar-refractivity contribution < 1.29 is 14.3 Å². The zero-order valence-corrected chi connectivity index (χ0v) is 12.5. The van der Waals surface area contributed by atoms with Crippen molar-refractivity contribution in [2.75, 3.05) is 26.8 Å². The molecule has 2 rings (SSSR count). The first-order valence-electron chi connectivity index (χ1n) is 6.48. The average Bonchev–Trinajstić information content (AvgIpc) is 2.48. The van der Waals surface area contributed by atoms with Crippen LogP contribution in [0, 0.1) is 0 Å². The van der Waals surface area contributed by atoms with Gasteiger partial charge in [0.25, 0.3) is 5.91 Å².